The molecular formula is C10H18O3. The molecule has 0 radical (unpaired) electrons. The number of ether oxygens (including phenoxy) is 1. The van der Waals surface area contributed by atoms with E-state index in [0.29, 0.717) is 25.7 Å². The molecule has 0 heterocycles. The van der Waals surface area contributed by atoms with Crippen LogP contribution in [0, 0.1) is 0 Å². The van der Waals surface area contributed by atoms with Crippen LogP contribution in [0.1, 0.15) is 51.4 Å². The predicted molar refractivity (Wildman–Crippen MR) is 47.9 cm³/mol. The second-order valence-corrected chi connectivity index (χ2v) is 4.41. The van der Waals surface area contributed by atoms with Crippen LogP contribution in [0.3, 0.4) is 0 Å². The maximum absolute atomic E-state index is 9.93. The van der Waals surface area contributed by atoms with E-state index in [4.69, 9.17) is 4.74 Å². The lowest BCUT2D eigenvalue weighted by molar-refractivity contribution is -0.327. The Labute approximate surface area is 78.7 Å². The van der Waals surface area contributed by atoms with Crippen LogP contribution in [0.5, 0.6) is 0 Å². The van der Waals surface area contributed by atoms with Crippen LogP contribution in [-0.4, -0.2) is 21.8 Å². The van der Waals surface area contributed by atoms with Gasteiger partial charge in [0.1, 0.15) is 0 Å². The fraction of sp³-hybridized carbons (Fsp3) is 1.00. The van der Waals surface area contributed by atoms with Crippen molar-refractivity contribution in [3.05, 3.63) is 0 Å². The second kappa shape index (κ2) is 3.23. The van der Waals surface area contributed by atoms with E-state index in [2.05, 4.69) is 0 Å². The quantitative estimate of drug-likeness (QED) is 0.643. The lowest BCUT2D eigenvalue weighted by Gasteiger charge is -2.32. The van der Waals surface area contributed by atoms with Gasteiger partial charge >= 0.3 is 0 Å². The summed E-state index contributed by atoms with van der Waals surface area (Å²) in [6.07, 6.45) is 6.73. The molecule has 0 aromatic rings. The minimum atomic E-state index is -1.03. The van der Waals surface area contributed by atoms with Crippen molar-refractivity contribution in [3.8, 4) is 0 Å². The predicted octanol–water partition coefficient (Wildman–Crippen LogP) is 1.53. The van der Waals surface area contributed by atoms with Crippen LogP contribution >= 0.6 is 0 Å². The number of rotatable bonds is 2. The van der Waals surface area contributed by atoms with Gasteiger partial charge < -0.3 is 14.9 Å². The molecule has 0 aromatic heterocycles. The molecule has 0 unspecified atom stereocenters. The minimum Gasteiger partial charge on any atom is -0.365 e. The van der Waals surface area contributed by atoms with Gasteiger partial charge in [0.25, 0.3) is 0 Å². The molecule has 0 aliphatic heterocycles. The van der Waals surface area contributed by atoms with E-state index >= 15 is 0 Å². The molecule has 0 amide bonds. The normalized spacial score (nSPS) is 30.9. The molecular weight excluding hydrogens is 168 g/mol. The van der Waals surface area contributed by atoms with E-state index in [9.17, 15) is 10.2 Å². The third-order valence-electron chi connectivity index (χ3n) is 3.15. The van der Waals surface area contributed by atoms with Crippen molar-refractivity contribution >= 4 is 0 Å². The molecule has 0 spiro atoms. The highest BCUT2D eigenvalue weighted by Gasteiger charge is 2.42. The largest absolute Gasteiger partial charge is 0.365 e. The Bertz CT molecular complexity index is 159. The van der Waals surface area contributed by atoms with Crippen LogP contribution in [0.4, 0.5) is 0 Å². The van der Waals surface area contributed by atoms with Crippen molar-refractivity contribution in [1.29, 1.82) is 0 Å². The van der Waals surface area contributed by atoms with Crippen LogP contribution in [0.15, 0.2) is 0 Å². The maximum Gasteiger partial charge on any atom is 0.168 e. The molecule has 76 valence electrons. The van der Waals surface area contributed by atoms with E-state index < -0.39 is 11.6 Å². The molecule has 2 aliphatic rings. The lowest BCUT2D eigenvalue weighted by Crippen LogP contribution is -2.41. The summed E-state index contributed by atoms with van der Waals surface area (Å²) in [6, 6.07) is 0. The average Bonchev–Trinajstić information content (AvgIpc) is 2.60. The molecule has 3 heteroatoms. The number of aliphatic hydroxyl groups is 2. The summed E-state index contributed by atoms with van der Waals surface area (Å²) >= 11 is 0. The molecule has 0 bridgehead atoms. The van der Waals surface area contributed by atoms with Crippen molar-refractivity contribution in [2.45, 2.75) is 62.9 Å². The molecule has 0 aromatic carbocycles. The zero-order valence-corrected chi connectivity index (χ0v) is 7.96. The molecule has 2 fully saturated rings. The molecule has 2 saturated carbocycles. The second-order valence-electron chi connectivity index (χ2n) is 4.41. The van der Waals surface area contributed by atoms with Gasteiger partial charge in [-0.25, -0.2) is 0 Å². The standard InChI is InChI=1S/C10H18O3/c11-9(5-1-2-6-9)13-10(12)7-3-4-8-10/h11-12H,1-8H2. The monoisotopic (exact) mass is 186 g/mol. The number of hydrogen-bond acceptors (Lipinski definition) is 3. The summed E-state index contributed by atoms with van der Waals surface area (Å²) in [4.78, 5) is 0. The van der Waals surface area contributed by atoms with Gasteiger partial charge in [0.2, 0.25) is 0 Å². The van der Waals surface area contributed by atoms with Gasteiger partial charge in [0.05, 0.1) is 0 Å². The molecule has 3 nitrogen and oxygen atoms in total. The van der Waals surface area contributed by atoms with E-state index in [1.165, 1.54) is 0 Å². The van der Waals surface area contributed by atoms with Gasteiger partial charge in [-0.1, -0.05) is 0 Å². The first kappa shape index (κ1) is 9.44. The van der Waals surface area contributed by atoms with Gasteiger partial charge in [0.15, 0.2) is 11.6 Å². The van der Waals surface area contributed by atoms with E-state index in [1.54, 1.807) is 0 Å². The van der Waals surface area contributed by atoms with Crippen molar-refractivity contribution in [2.75, 3.05) is 0 Å². The third-order valence-corrected chi connectivity index (χ3v) is 3.15. The maximum atomic E-state index is 9.93. The summed E-state index contributed by atoms with van der Waals surface area (Å²) in [6.45, 7) is 0. The average molecular weight is 186 g/mol. The van der Waals surface area contributed by atoms with Gasteiger partial charge in [-0.15, -0.1) is 0 Å². The Morgan fingerprint density at radius 1 is 0.692 bits per heavy atom. The van der Waals surface area contributed by atoms with Crippen molar-refractivity contribution < 1.29 is 14.9 Å². The van der Waals surface area contributed by atoms with Crippen molar-refractivity contribution in [3.63, 3.8) is 0 Å². The molecule has 13 heavy (non-hydrogen) atoms. The Morgan fingerprint density at radius 2 is 1.00 bits per heavy atom. The summed E-state index contributed by atoms with van der Waals surface area (Å²) in [5, 5.41) is 19.9. The zero-order valence-electron chi connectivity index (χ0n) is 7.96. The highest BCUT2D eigenvalue weighted by atomic mass is 16.7. The summed E-state index contributed by atoms with van der Waals surface area (Å²) in [7, 11) is 0. The molecule has 2 rings (SSSR count). The van der Waals surface area contributed by atoms with Gasteiger partial charge in [-0.05, 0) is 25.7 Å². The summed E-state index contributed by atoms with van der Waals surface area (Å²) in [5.74, 6) is -2.06. The van der Waals surface area contributed by atoms with E-state index in [-0.39, 0.29) is 0 Å². The fourth-order valence-electron chi connectivity index (χ4n) is 2.41. The van der Waals surface area contributed by atoms with E-state index in [0.717, 1.165) is 25.7 Å². The SMILES string of the molecule is OC1(OC2(O)CCCC2)CCCC1. The lowest BCUT2D eigenvalue weighted by atomic mass is 10.2. The topological polar surface area (TPSA) is 49.7 Å². The first-order valence-corrected chi connectivity index (χ1v) is 5.27. The zero-order chi connectivity index (χ0) is 9.36. The Balaban J connectivity index is 1.95. The van der Waals surface area contributed by atoms with Crippen LogP contribution in [0.2, 0.25) is 0 Å². The third kappa shape index (κ3) is 2.03. The Hall–Kier alpha value is -0.120. The van der Waals surface area contributed by atoms with Gasteiger partial charge in [0, 0.05) is 25.7 Å². The van der Waals surface area contributed by atoms with Crippen LogP contribution in [-0.2, 0) is 4.74 Å². The molecule has 2 N–H and O–H groups in total. The molecule has 0 atom stereocenters. The van der Waals surface area contributed by atoms with Gasteiger partial charge in [-0.2, -0.15) is 0 Å². The number of hydrogen-bond donors (Lipinski definition) is 2. The van der Waals surface area contributed by atoms with Gasteiger partial charge in [-0.3, -0.25) is 0 Å². The highest BCUT2D eigenvalue weighted by molar-refractivity contribution is 4.82. The smallest absolute Gasteiger partial charge is 0.168 e. The minimum absolute atomic E-state index is 0.676. The highest BCUT2D eigenvalue weighted by Crippen LogP contribution is 2.39. The van der Waals surface area contributed by atoms with E-state index in [1.807, 2.05) is 0 Å². The fourth-order valence-corrected chi connectivity index (χ4v) is 2.41. The molecule has 0 saturated heterocycles. The van der Waals surface area contributed by atoms with Crippen LogP contribution in [0.25, 0.3) is 0 Å². The summed E-state index contributed by atoms with van der Waals surface area (Å²) < 4.78 is 5.46. The molecule has 2 aliphatic carbocycles. The first-order valence-electron chi connectivity index (χ1n) is 5.27. The Morgan fingerprint density at radius 3 is 1.31 bits per heavy atom. The first-order chi connectivity index (χ1) is 6.12. The van der Waals surface area contributed by atoms with Crippen molar-refractivity contribution in [1.82, 2.24) is 0 Å². The Kier molecular flexibility index (Phi) is 2.34. The van der Waals surface area contributed by atoms with Crippen molar-refractivity contribution in [2.24, 2.45) is 0 Å². The summed E-state index contributed by atoms with van der Waals surface area (Å²) in [5.41, 5.74) is 0. The van der Waals surface area contributed by atoms with Crippen LogP contribution < -0.4 is 0 Å².